The van der Waals surface area contributed by atoms with Gasteiger partial charge < -0.3 is 10.4 Å². The van der Waals surface area contributed by atoms with Crippen molar-refractivity contribution in [3.05, 3.63) is 0 Å². The maximum absolute atomic E-state index is 11.6. The highest BCUT2D eigenvalue weighted by molar-refractivity contribution is 5.92. The van der Waals surface area contributed by atoms with Gasteiger partial charge in [-0.25, -0.2) is 0 Å². The van der Waals surface area contributed by atoms with Gasteiger partial charge in [0, 0.05) is 0 Å². The molecule has 0 heterocycles. The quantitative estimate of drug-likeness (QED) is 0.572. The van der Waals surface area contributed by atoms with Gasteiger partial charge in [-0.15, -0.1) is 6.42 Å². The van der Waals surface area contributed by atoms with Gasteiger partial charge in [-0.2, -0.15) is 13.2 Å². The molecule has 0 aliphatic carbocycles. The molecule has 0 fully saturated rings. The first kappa shape index (κ1) is 10.8. The molecular weight excluding hydrogens is 175 g/mol. The molecule has 0 aromatic carbocycles. The summed E-state index contributed by atoms with van der Waals surface area (Å²) in [5.74, 6) is 0.556. The molecule has 0 rings (SSSR count). The number of carbonyl (C=O) groups excluding carboxylic acids is 1. The molecule has 3 nitrogen and oxygen atoms in total. The predicted molar refractivity (Wildman–Crippen MR) is 33.9 cm³/mol. The van der Waals surface area contributed by atoms with Crippen molar-refractivity contribution in [3.8, 4) is 12.3 Å². The molecule has 12 heavy (non-hydrogen) atoms. The third kappa shape index (κ3) is 3.83. The van der Waals surface area contributed by atoms with Crippen LogP contribution in [0, 0.1) is 12.3 Å². The van der Waals surface area contributed by atoms with Crippen LogP contribution in [-0.4, -0.2) is 29.8 Å². The lowest BCUT2D eigenvalue weighted by molar-refractivity contribution is -0.201. The van der Waals surface area contributed by atoms with Crippen molar-refractivity contribution in [2.24, 2.45) is 0 Å². The lowest BCUT2D eigenvalue weighted by Crippen LogP contribution is -2.40. The zero-order chi connectivity index (χ0) is 9.78. The lowest BCUT2D eigenvalue weighted by Gasteiger charge is -2.13. The molecule has 0 aromatic heterocycles. The Kier molecular flexibility index (Phi) is 3.57. The van der Waals surface area contributed by atoms with Crippen LogP contribution in [0.4, 0.5) is 13.2 Å². The summed E-state index contributed by atoms with van der Waals surface area (Å²) in [6.07, 6.45) is -2.77. The van der Waals surface area contributed by atoms with Crippen LogP contribution in [0.1, 0.15) is 0 Å². The summed E-state index contributed by atoms with van der Waals surface area (Å²) in [6.45, 7) is -0.924. The van der Waals surface area contributed by atoms with E-state index in [0.29, 0.717) is 0 Å². The molecular formula is C6H6F3NO2. The van der Waals surface area contributed by atoms with E-state index in [1.54, 1.807) is 11.2 Å². The van der Waals surface area contributed by atoms with Crippen molar-refractivity contribution in [3.63, 3.8) is 0 Å². The van der Waals surface area contributed by atoms with Gasteiger partial charge in [0.15, 0.2) is 6.10 Å². The molecule has 0 bridgehead atoms. The van der Waals surface area contributed by atoms with Crippen molar-refractivity contribution in [2.45, 2.75) is 12.3 Å². The van der Waals surface area contributed by atoms with Gasteiger partial charge >= 0.3 is 6.18 Å². The molecule has 68 valence electrons. The Bertz CT molecular complexity index is 206. The Morgan fingerprint density at radius 2 is 2.17 bits per heavy atom. The summed E-state index contributed by atoms with van der Waals surface area (Å²) in [5.41, 5.74) is 0. The number of aliphatic hydroxyl groups excluding tert-OH is 1. The van der Waals surface area contributed by atoms with Crippen LogP contribution in [0.3, 0.4) is 0 Å². The maximum atomic E-state index is 11.6. The van der Waals surface area contributed by atoms with E-state index < -0.39 is 24.7 Å². The number of alkyl halides is 3. The van der Waals surface area contributed by atoms with Crippen LogP contribution in [0.2, 0.25) is 0 Å². The average Bonchev–Trinajstić information content (AvgIpc) is 1.97. The van der Waals surface area contributed by atoms with E-state index in [2.05, 4.69) is 6.42 Å². The Hall–Kier alpha value is -1.22. The molecule has 0 spiro atoms. The fourth-order valence-electron chi connectivity index (χ4n) is 0.356. The van der Waals surface area contributed by atoms with Gasteiger partial charge in [0.1, 0.15) is 0 Å². The van der Waals surface area contributed by atoms with Crippen LogP contribution in [0.25, 0.3) is 0 Å². The Labute approximate surface area is 66.6 Å². The third-order valence-corrected chi connectivity index (χ3v) is 0.965. The number of terminal acetylenes is 1. The van der Waals surface area contributed by atoms with Crippen molar-refractivity contribution >= 4 is 5.91 Å². The molecule has 0 saturated heterocycles. The molecule has 0 aliphatic rings. The second kappa shape index (κ2) is 3.97. The van der Waals surface area contributed by atoms with Crippen LogP contribution >= 0.6 is 0 Å². The standard InChI is InChI=1S/C6H6F3NO2/c1-2-5(12)10-3-4(11)6(7,8)9/h1,4,11H,3H2,(H,10,12)/t4-/m1/s1. The molecule has 0 radical (unpaired) electrons. The summed E-state index contributed by atoms with van der Waals surface area (Å²) in [7, 11) is 0. The van der Waals surface area contributed by atoms with E-state index in [0.717, 1.165) is 0 Å². The minimum absolute atomic E-state index is 0.924. The Morgan fingerprint density at radius 1 is 1.67 bits per heavy atom. The highest BCUT2D eigenvalue weighted by Crippen LogP contribution is 2.18. The van der Waals surface area contributed by atoms with Crippen LogP contribution in [-0.2, 0) is 4.79 Å². The number of carbonyl (C=O) groups is 1. The number of hydrogen-bond donors (Lipinski definition) is 2. The number of hydrogen-bond acceptors (Lipinski definition) is 2. The molecule has 0 aliphatic heterocycles. The Morgan fingerprint density at radius 3 is 2.50 bits per heavy atom. The first-order valence-electron chi connectivity index (χ1n) is 2.87. The largest absolute Gasteiger partial charge is 0.416 e. The summed E-state index contributed by atoms with van der Waals surface area (Å²) in [6, 6.07) is 0. The highest BCUT2D eigenvalue weighted by Gasteiger charge is 2.37. The number of aliphatic hydroxyl groups is 1. The van der Waals surface area contributed by atoms with E-state index in [1.165, 1.54) is 0 Å². The van der Waals surface area contributed by atoms with E-state index >= 15 is 0 Å². The molecule has 1 atom stereocenters. The van der Waals surface area contributed by atoms with Gasteiger partial charge in [-0.3, -0.25) is 4.79 Å². The molecule has 0 saturated carbocycles. The molecule has 0 aromatic rings. The second-order valence-electron chi connectivity index (χ2n) is 1.91. The van der Waals surface area contributed by atoms with Gasteiger partial charge in [0.25, 0.3) is 5.91 Å². The summed E-state index contributed by atoms with van der Waals surface area (Å²) >= 11 is 0. The lowest BCUT2D eigenvalue weighted by atomic mass is 10.3. The van der Waals surface area contributed by atoms with E-state index in [1.807, 2.05) is 0 Å². The topological polar surface area (TPSA) is 49.3 Å². The zero-order valence-electron chi connectivity index (χ0n) is 5.85. The van der Waals surface area contributed by atoms with E-state index in [9.17, 15) is 18.0 Å². The van der Waals surface area contributed by atoms with E-state index in [-0.39, 0.29) is 0 Å². The highest BCUT2D eigenvalue weighted by atomic mass is 19.4. The minimum Gasteiger partial charge on any atom is -0.382 e. The Balaban J connectivity index is 3.82. The second-order valence-corrected chi connectivity index (χ2v) is 1.91. The first-order valence-corrected chi connectivity index (χ1v) is 2.87. The van der Waals surface area contributed by atoms with Gasteiger partial charge in [0.2, 0.25) is 0 Å². The normalized spacial score (nSPS) is 13.2. The fraction of sp³-hybridized carbons (Fsp3) is 0.500. The van der Waals surface area contributed by atoms with Crippen LogP contribution in [0.15, 0.2) is 0 Å². The average molecular weight is 181 g/mol. The molecule has 1 amide bonds. The minimum atomic E-state index is -4.73. The third-order valence-electron chi connectivity index (χ3n) is 0.965. The predicted octanol–water partition coefficient (Wildman–Crippen LogP) is -0.341. The van der Waals surface area contributed by atoms with E-state index in [4.69, 9.17) is 5.11 Å². The van der Waals surface area contributed by atoms with Crippen molar-refractivity contribution in [2.75, 3.05) is 6.54 Å². The van der Waals surface area contributed by atoms with Crippen molar-refractivity contribution < 1.29 is 23.1 Å². The number of rotatable bonds is 2. The van der Waals surface area contributed by atoms with Gasteiger partial charge in [-0.05, 0) is 5.92 Å². The van der Waals surface area contributed by atoms with Crippen LogP contribution < -0.4 is 5.32 Å². The number of nitrogens with one attached hydrogen (secondary N) is 1. The first-order chi connectivity index (χ1) is 5.38. The molecule has 2 N–H and O–H groups in total. The van der Waals surface area contributed by atoms with Gasteiger partial charge in [-0.1, -0.05) is 0 Å². The SMILES string of the molecule is C#CC(=O)NC[C@@H](O)C(F)(F)F. The summed E-state index contributed by atoms with van der Waals surface area (Å²) in [5, 5.41) is 10.0. The summed E-state index contributed by atoms with van der Waals surface area (Å²) < 4.78 is 34.7. The fourth-order valence-corrected chi connectivity index (χ4v) is 0.356. The van der Waals surface area contributed by atoms with Crippen LogP contribution in [0.5, 0.6) is 0 Å². The zero-order valence-corrected chi connectivity index (χ0v) is 5.85. The van der Waals surface area contributed by atoms with Crippen molar-refractivity contribution in [1.82, 2.24) is 5.32 Å². The summed E-state index contributed by atoms with van der Waals surface area (Å²) in [4.78, 5) is 10.2. The smallest absolute Gasteiger partial charge is 0.382 e. The maximum Gasteiger partial charge on any atom is 0.416 e. The van der Waals surface area contributed by atoms with Crippen molar-refractivity contribution in [1.29, 1.82) is 0 Å². The molecule has 0 unspecified atom stereocenters. The van der Waals surface area contributed by atoms with Gasteiger partial charge in [0.05, 0.1) is 6.54 Å². The number of halogens is 3. The number of amides is 1. The monoisotopic (exact) mass is 181 g/mol. The molecule has 6 heteroatoms.